The molecule has 2 rings (SSSR count). The normalized spacial score (nSPS) is 14.6. The lowest BCUT2D eigenvalue weighted by molar-refractivity contribution is 0.410. The van der Waals surface area contributed by atoms with Crippen LogP contribution in [0.1, 0.15) is 45.9 Å². The van der Waals surface area contributed by atoms with Gasteiger partial charge in [0.15, 0.2) is 0 Å². The molecule has 20 heavy (non-hydrogen) atoms. The second-order valence-corrected chi connectivity index (χ2v) is 5.80. The quantitative estimate of drug-likeness (QED) is 0.835. The number of aromatic nitrogens is 2. The standard InChI is InChI=1S/C17H27N3/c1-4-8-13(3)14(18)12-17-19-15-9-6-7-10-16(15)20(17)11-5-2/h6-7,9-10,13-14H,4-5,8,11-12,18H2,1-3H3. The summed E-state index contributed by atoms with van der Waals surface area (Å²) in [5.74, 6) is 1.69. The van der Waals surface area contributed by atoms with E-state index in [-0.39, 0.29) is 6.04 Å². The van der Waals surface area contributed by atoms with Crippen LogP contribution in [0.2, 0.25) is 0 Å². The second-order valence-electron chi connectivity index (χ2n) is 5.80. The fourth-order valence-electron chi connectivity index (χ4n) is 2.84. The maximum absolute atomic E-state index is 6.37. The lowest BCUT2D eigenvalue weighted by Gasteiger charge is -2.19. The first-order valence-electron chi connectivity index (χ1n) is 7.87. The monoisotopic (exact) mass is 273 g/mol. The summed E-state index contributed by atoms with van der Waals surface area (Å²) in [7, 11) is 0. The van der Waals surface area contributed by atoms with Gasteiger partial charge >= 0.3 is 0 Å². The van der Waals surface area contributed by atoms with Gasteiger partial charge in [-0.25, -0.2) is 4.98 Å². The van der Waals surface area contributed by atoms with E-state index < -0.39 is 0 Å². The Morgan fingerprint density at radius 2 is 1.95 bits per heavy atom. The van der Waals surface area contributed by atoms with Crippen LogP contribution in [0.15, 0.2) is 24.3 Å². The van der Waals surface area contributed by atoms with Crippen LogP contribution < -0.4 is 5.73 Å². The van der Waals surface area contributed by atoms with Crippen molar-refractivity contribution >= 4 is 11.0 Å². The van der Waals surface area contributed by atoms with Gasteiger partial charge in [-0.15, -0.1) is 0 Å². The maximum atomic E-state index is 6.37. The lowest BCUT2D eigenvalue weighted by atomic mass is 9.95. The highest BCUT2D eigenvalue weighted by Crippen LogP contribution is 2.19. The number of nitrogens with zero attached hydrogens (tertiary/aromatic N) is 2. The molecule has 1 aromatic carbocycles. The predicted octanol–water partition coefficient (Wildman–Crippen LogP) is 3.75. The number of rotatable bonds is 7. The number of hydrogen-bond donors (Lipinski definition) is 1. The minimum atomic E-state index is 0.197. The molecule has 0 radical (unpaired) electrons. The first-order valence-corrected chi connectivity index (χ1v) is 7.87. The molecule has 110 valence electrons. The van der Waals surface area contributed by atoms with Crippen LogP contribution in [0.5, 0.6) is 0 Å². The topological polar surface area (TPSA) is 43.8 Å². The summed E-state index contributed by atoms with van der Waals surface area (Å²) >= 11 is 0. The smallest absolute Gasteiger partial charge is 0.111 e. The summed E-state index contributed by atoms with van der Waals surface area (Å²) in [4.78, 5) is 4.80. The molecule has 0 aliphatic heterocycles. The largest absolute Gasteiger partial charge is 0.328 e. The van der Waals surface area contributed by atoms with Crippen LogP contribution in [0.25, 0.3) is 11.0 Å². The summed E-state index contributed by atoms with van der Waals surface area (Å²) in [6.45, 7) is 7.69. The summed E-state index contributed by atoms with van der Waals surface area (Å²) in [5, 5.41) is 0. The number of para-hydroxylation sites is 2. The van der Waals surface area contributed by atoms with Crippen molar-refractivity contribution in [2.45, 2.75) is 59.0 Å². The Bertz CT molecular complexity index is 544. The van der Waals surface area contributed by atoms with Crippen LogP contribution in [0.4, 0.5) is 0 Å². The third-order valence-corrected chi connectivity index (χ3v) is 4.07. The van der Waals surface area contributed by atoms with Crippen molar-refractivity contribution in [3.8, 4) is 0 Å². The first kappa shape index (κ1) is 15.0. The van der Waals surface area contributed by atoms with Gasteiger partial charge in [0, 0.05) is 19.0 Å². The van der Waals surface area contributed by atoms with E-state index in [1.165, 1.54) is 18.4 Å². The number of fused-ring (bicyclic) bond motifs is 1. The number of nitrogens with two attached hydrogens (primary N) is 1. The maximum Gasteiger partial charge on any atom is 0.111 e. The van der Waals surface area contributed by atoms with Crippen molar-refractivity contribution in [1.29, 1.82) is 0 Å². The Morgan fingerprint density at radius 1 is 1.20 bits per heavy atom. The van der Waals surface area contributed by atoms with Crippen molar-refractivity contribution in [3.05, 3.63) is 30.1 Å². The Balaban J connectivity index is 2.26. The average Bonchev–Trinajstić information content (AvgIpc) is 2.78. The minimum Gasteiger partial charge on any atom is -0.328 e. The molecule has 2 atom stereocenters. The highest BCUT2D eigenvalue weighted by atomic mass is 15.1. The molecule has 2 aromatic rings. The number of imidazole rings is 1. The van der Waals surface area contributed by atoms with Gasteiger partial charge in [-0.1, -0.05) is 39.3 Å². The summed E-state index contributed by atoms with van der Waals surface area (Å²) in [6.07, 6.45) is 4.37. The van der Waals surface area contributed by atoms with E-state index in [0.717, 1.165) is 30.7 Å². The van der Waals surface area contributed by atoms with E-state index in [1.54, 1.807) is 0 Å². The molecule has 2 N–H and O–H groups in total. The Labute approximate surface area is 122 Å². The van der Waals surface area contributed by atoms with Crippen molar-refractivity contribution in [2.75, 3.05) is 0 Å². The fraction of sp³-hybridized carbons (Fsp3) is 0.588. The van der Waals surface area contributed by atoms with Crippen molar-refractivity contribution in [3.63, 3.8) is 0 Å². The van der Waals surface area contributed by atoms with Crippen LogP contribution >= 0.6 is 0 Å². The van der Waals surface area contributed by atoms with Crippen LogP contribution in [0, 0.1) is 5.92 Å². The molecule has 3 nitrogen and oxygen atoms in total. The molecule has 0 spiro atoms. The van der Waals surface area contributed by atoms with Gasteiger partial charge in [-0.2, -0.15) is 0 Å². The van der Waals surface area contributed by atoms with Crippen LogP contribution in [0.3, 0.4) is 0 Å². The van der Waals surface area contributed by atoms with Gasteiger partial charge in [0.05, 0.1) is 11.0 Å². The van der Waals surface area contributed by atoms with E-state index in [0.29, 0.717) is 5.92 Å². The molecule has 0 aliphatic rings. The van der Waals surface area contributed by atoms with Gasteiger partial charge in [0.1, 0.15) is 5.82 Å². The highest BCUT2D eigenvalue weighted by Gasteiger charge is 2.17. The molecular weight excluding hydrogens is 246 g/mol. The number of benzene rings is 1. The van der Waals surface area contributed by atoms with Gasteiger partial charge in [-0.3, -0.25) is 0 Å². The van der Waals surface area contributed by atoms with Gasteiger partial charge < -0.3 is 10.3 Å². The zero-order valence-electron chi connectivity index (χ0n) is 13.0. The third-order valence-electron chi connectivity index (χ3n) is 4.07. The summed E-state index contributed by atoms with van der Waals surface area (Å²) in [5.41, 5.74) is 8.69. The molecule has 2 unspecified atom stereocenters. The lowest BCUT2D eigenvalue weighted by Crippen LogP contribution is -2.31. The van der Waals surface area contributed by atoms with Crippen LogP contribution in [-0.4, -0.2) is 15.6 Å². The van der Waals surface area contributed by atoms with Crippen molar-refractivity contribution in [2.24, 2.45) is 11.7 Å². The van der Waals surface area contributed by atoms with Gasteiger partial charge in [0.2, 0.25) is 0 Å². The van der Waals surface area contributed by atoms with Crippen molar-refractivity contribution in [1.82, 2.24) is 9.55 Å². The summed E-state index contributed by atoms with van der Waals surface area (Å²) < 4.78 is 2.34. The molecule has 0 amide bonds. The molecule has 0 fully saturated rings. The Hall–Kier alpha value is -1.35. The van der Waals surface area contributed by atoms with Gasteiger partial charge in [0.25, 0.3) is 0 Å². The average molecular weight is 273 g/mol. The van der Waals surface area contributed by atoms with Crippen LogP contribution in [-0.2, 0) is 13.0 Å². The molecule has 1 aromatic heterocycles. The molecule has 0 bridgehead atoms. The van der Waals surface area contributed by atoms with Gasteiger partial charge in [-0.05, 0) is 30.9 Å². The zero-order chi connectivity index (χ0) is 14.5. The first-order chi connectivity index (χ1) is 9.67. The Morgan fingerprint density at radius 3 is 2.65 bits per heavy atom. The number of aryl methyl sites for hydroxylation is 1. The zero-order valence-corrected chi connectivity index (χ0v) is 13.0. The molecule has 0 saturated carbocycles. The van der Waals surface area contributed by atoms with E-state index in [4.69, 9.17) is 10.7 Å². The molecule has 0 aliphatic carbocycles. The molecular formula is C17H27N3. The number of hydrogen-bond acceptors (Lipinski definition) is 2. The second kappa shape index (κ2) is 6.89. The van der Waals surface area contributed by atoms with E-state index in [1.807, 2.05) is 0 Å². The van der Waals surface area contributed by atoms with E-state index in [9.17, 15) is 0 Å². The van der Waals surface area contributed by atoms with E-state index in [2.05, 4.69) is 49.6 Å². The summed E-state index contributed by atoms with van der Waals surface area (Å²) in [6, 6.07) is 8.57. The molecule has 0 saturated heterocycles. The highest BCUT2D eigenvalue weighted by molar-refractivity contribution is 5.75. The fourth-order valence-corrected chi connectivity index (χ4v) is 2.84. The Kier molecular flexibility index (Phi) is 5.18. The SMILES string of the molecule is CCCC(C)C(N)Cc1nc2ccccc2n1CCC. The minimum absolute atomic E-state index is 0.197. The predicted molar refractivity (Wildman–Crippen MR) is 85.8 cm³/mol. The molecule has 1 heterocycles. The van der Waals surface area contributed by atoms with E-state index >= 15 is 0 Å². The molecule has 3 heteroatoms. The van der Waals surface area contributed by atoms with Crippen molar-refractivity contribution < 1.29 is 0 Å². The third kappa shape index (κ3) is 3.21.